The van der Waals surface area contributed by atoms with E-state index in [2.05, 4.69) is 4.98 Å². The fraction of sp³-hybridized carbons (Fsp3) is 0.308. The summed E-state index contributed by atoms with van der Waals surface area (Å²) in [6.07, 6.45) is 1.29. The van der Waals surface area contributed by atoms with Gasteiger partial charge in [0, 0.05) is 25.4 Å². The van der Waals surface area contributed by atoms with Gasteiger partial charge >= 0.3 is 5.97 Å². The van der Waals surface area contributed by atoms with Crippen LogP contribution < -0.4 is 10.5 Å². The first-order chi connectivity index (χ1) is 9.65. The highest BCUT2D eigenvalue weighted by molar-refractivity contribution is 5.87. The molecule has 2 aromatic rings. The Morgan fingerprint density at radius 3 is 2.75 bits per heavy atom. The lowest BCUT2D eigenvalue weighted by molar-refractivity contribution is 0.0696. The topological polar surface area (TPSA) is 84.1 Å². The number of morpholine rings is 1. The number of fused-ring (bicyclic) bond motifs is 1. The second kappa shape index (κ2) is 4.93. The number of anilines is 1. The van der Waals surface area contributed by atoms with Crippen LogP contribution in [0.2, 0.25) is 0 Å². The summed E-state index contributed by atoms with van der Waals surface area (Å²) in [4.78, 5) is 29.4. The largest absolute Gasteiger partial charge is 0.478 e. The minimum absolute atomic E-state index is 0.0560. The quantitative estimate of drug-likeness (QED) is 0.844. The molecule has 7 nitrogen and oxygen atoms in total. The summed E-state index contributed by atoms with van der Waals surface area (Å²) in [5.41, 5.74) is 0.198. The van der Waals surface area contributed by atoms with Crippen LogP contribution in [0.3, 0.4) is 0 Å². The number of hydrogen-bond donors (Lipinski definition) is 1. The molecule has 3 rings (SSSR count). The van der Waals surface area contributed by atoms with Crippen molar-refractivity contribution >= 4 is 17.4 Å². The zero-order valence-corrected chi connectivity index (χ0v) is 10.7. The third-order valence-electron chi connectivity index (χ3n) is 3.23. The van der Waals surface area contributed by atoms with E-state index in [1.54, 1.807) is 0 Å². The molecule has 20 heavy (non-hydrogen) atoms. The van der Waals surface area contributed by atoms with E-state index in [-0.39, 0.29) is 11.1 Å². The van der Waals surface area contributed by atoms with Crippen LogP contribution in [0, 0.1) is 0 Å². The van der Waals surface area contributed by atoms with Gasteiger partial charge in [-0.2, -0.15) is 0 Å². The number of pyridine rings is 1. The van der Waals surface area contributed by atoms with Gasteiger partial charge in [0.2, 0.25) is 0 Å². The zero-order valence-electron chi connectivity index (χ0n) is 10.7. The van der Waals surface area contributed by atoms with Crippen LogP contribution in [0.4, 0.5) is 5.82 Å². The normalized spacial score (nSPS) is 15.5. The summed E-state index contributed by atoms with van der Waals surface area (Å²) in [6.45, 7) is 2.60. The Kier molecular flexibility index (Phi) is 3.11. The van der Waals surface area contributed by atoms with Gasteiger partial charge in [-0.3, -0.25) is 9.20 Å². The Morgan fingerprint density at radius 2 is 2.05 bits per heavy atom. The van der Waals surface area contributed by atoms with Gasteiger partial charge in [0.05, 0.1) is 18.8 Å². The lowest BCUT2D eigenvalue weighted by Gasteiger charge is -2.27. The molecule has 0 bridgehead atoms. The molecule has 0 saturated carbocycles. The van der Waals surface area contributed by atoms with Crippen molar-refractivity contribution in [1.29, 1.82) is 0 Å². The molecular weight excluding hydrogens is 262 g/mol. The molecule has 1 saturated heterocycles. The summed E-state index contributed by atoms with van der Waals surface area (Å²) < 4.78 is 6.51. The highest BCUT2D eigenvalue weighted by Crippen LogP contribution is 2.12. The predicted octanol–water partition coefficient (Wildman–Crippen LogP) is 0.229. The molecule has 2 aromatic heterocycles. The zero-order chi connectivity index (χ0) is 14.1. The fourth-order valence-electron chi connectivity index (χ4n) is 2.17. The molecule has 104 valence electrons. The Hall–Kier alpha value is -2.41. The number of carboxylic acid groups (broad SMARTS) is 1. The first-order valence-electron chi connectivity index (χ1n) is 6.24. The molecule has 3 heterocycles. The summed E-state index contributed by atoms with van der Waals surface area (Å²) in [6, 6.07) is 4.39. The minimum Gasteiger partial charge on any atom is -0.478 e. The fourth-order valence-corrected chi connectivity index (χ4v) is 2.17. The number of carboxylic acids is 1. The highest BCUT2D eigenvalue weighted by atomic mass is 16.5. The van der Waals surface area contributed by atoms with Gasteiger partial charge in [-0.15, -0.1) is 0 Å². The standard InChI is InChI=1S/C13H13N3O4/c17-12-7-11(15-3-5-20-6-4-15)14-10-2-1-9(13(18)19)8-16(10)12/h1-2,7-8H,3-6H2,(H,18,19). The first-order valence-corrected chi connectivity index (χ1v) is 6.24. The SMILES string of the molecule is O=C(O)c1ccc2nc(N3CCOCC3)cc(=O)n2c1. The van der Waals surface area contributed by atoms with E-state index >= 15 is 0 Å². The van der Waals surface area contributed by atoms with Crippen LogP contribution >= 0.6 is 0 Å². The van der Waals surface area contributed by atoms with Gasteiger partial charge in [-0.1, -0.05) is 0 Å². The average molecular weight is 275 g/mol. The summed E-state index contributed by atoms with van der Waals surface area (Å²) in [5, 5.41) is 8.94. The molecule has 0 unspecified atom stereocenters. The lowest BCUT2D eigenvalue weighted by Crippen LogP contribution is -2.37. The Morgan fingerprint density at radius 1 is 1.30 bits per heavy atom. The summed E-state index contributed by atoms with van der Waals surface area (Å²) >= 11 is 0. The molecule has 0 aromatic carbocycles. The molecule has 0 radical (unpaired) electrons. The summed E-state index contributed by atoms with van der Waals surface area (Å²) in [5.74, 6) is -0.475. The Bertz CT molecular complexity index is 719. The first kappa shape index (κ1) is 12.6. The second-order valence-corrected chi connectivity index (χ2v) is 4.50. The molecule has 0 aliphatic carbocycles. The Labute approximate surface area is 114 Å². The van der Waals surface area contributed by atoms with E-state index in [9.17, 15) is 9.59 Å². The van der Waals surface area contributed by atoms with Crippen molar-refractivity contribution in [2.75, 3.05) is 31.2 Å². The van der Waals surface area contributed by atoms with Crippen molar-refractivity contribution in [3.05, 3.63) is 40.3 Å². The minimum atomic E-state index is -1.07. The monoisotopic (exact) mass is 275 g/mol. The molecular formula is C13H13N3O4. The maximum atomic E-state index is 12.1. The Balaban J connectivity index is 2.08. The smallest absolute Gasteiger partial charge is 0.337 e. The van der Waals surface area contributed by atoms with E-state index in [1.165, 1.54) is 28.8 Å². The molecule has 1 aliphatic heterocycles. The maximum Gasteiger partial charge on any atom is 0.337 e. The number of nitrogens with zero attached hydrogens (tertiary/aromatic N) is 3. The molecule has 7 heteroatoms. The van der Waals surface area contributed by atoms with Crippen molar-refractivity contribution < 1.29 is 14.6 Å². The lowest BCUT2D eigenvalue weighted by atomic mass is 10.3. The van der Waals surface area contributed by atoms with Crippen molar-refractivity contribution in [1.82, 2.24) is 9.38 Å². The van der Waals surface area contributed by atoms with E-state index in [1.807, 2.05) is 4.90 Å². The van der Waals surface area contributed by atoms with Crippen LogP contribution in [0.15, 0.2) is 29.2 Å². The second-order valence-electron chi connectivity index (χ2n) is 4.50. The van der Waals surface area contributed by atoms with Crippen LogP contribution in [-0.4, -0.2) is 46.8 Å². The van der Waals surface area contributed by atoms with Crippen LogP contribution in [-0.2, 0) is 4.74 Å². The van der Waals surface area contributed by atoms with Crippen molar-refractivity contribution in [2.45, 2.75) is 0 Å². The summed E-state index contributed by atoms with van der Waals surface area (Å²) in [7, 11) is 0. The van der Waals surface area contributed by atoms with Crippen molar-refractivity contribution in [2.24, 2.45) is 0 Å². The number of carbonyl (C=O) groups is 1. The van der Waals surface area contributed by atoms with Crippen molar-refractivity contribution in [3.8, 4) is 0 Å². The van der Waals surface area contributed by atoms with Gasteiger partial charge in [0.25, 0.3) is 5.56 Å². The maximum absolute atomic E-state index is 12.1. The molecule has 1 N–H and O–H groups in total. The van der Waals surface area contributed by atoms with E-state index in [4.69, 9.17) is 9.84 Å². The number of rotatable bonds is 2. The van der Waals surface area contributed by atoms with E-state index in [0.29, 0.717) is 37.8 Å². The molecule has 0 amide bonds. The van der Waals surface area contributed by atoms with E-state index in [0.717, 1.165) is 0 Å². The van der Waals surface area contributed by atoms with Gasteiger partial charge < -0.3 is 14.7 Å². The van der Waals surface area contributed by atoms with Crippen molar-refractivity contribution in [3.63, 3.8) is 0 Å². The van der Waals surface area contributed by atoms with Crippen LogP contribution in [0.1, 0.15) is 10.4 Å². The third kappa shape index (κ3) is 2.23. The number of hydrogen-bond acceptors (Lipinski definition) is 5. The third-order valence-corrected chi connectivity index (χ3v) is 3.23. The highest BCUT2D eigenvalue weighted by Gasteiger charge is 2.14. The number of aromatic carboxylic acids is 1. The van der Waals surface area contributed by atoms with Gasteiger partial charge in [0.1, 0.15) is 11.5 Å². The molecule has 1 fully saturated rings. The molecule has 0 atom stereocenters. The molecule has 1 aliphatic rings. The average Bonchev–Trinajstić information content (AvgIpc) is 2.47. The van der Waals surface area contributed by atoms with E-state index < -0.39 is 5.97 Å². The van der Waals surface area contributed by atoms with Gasteiger partial charge in [-0.25, -0.2) is 9.78 Å². The predicted molar refractivity (Wildman–Crippen MR) is 71.5 cm³/mol. The van der Waals surface area contributed by atoms with Gasteiger partial charge in [0.15, 0.2) is 0 Å². The molecule has 0 spiro atoms. The number of ether oxygens (including phenoxy) is 1. The van der Waals surface area contributed by atoms with Crippen LogP contribution in [0.5, 0.6) is 0 Å². The van der Waals surface area contributed by atoms with Crippen LogP contribution in [0.25, 0.3) is 5.65 Å². The van der Waals surface area contributed by atoms with Gasteiger partial charge in [-0.05, 0) is 12.1 Å². The number of aromatic nitrogens is 2.